The quantitative estimate of drug-likeness (QED) is 0.244. The number of halogens is 1. The molecule has 1 heterocycles. The van der Waals surface area contributed by atoms with Crippen LogP contribution in [0.1, 0.15) is 37.0 Å². The number of ether oxygens (including phenoxy) is 3. The summed E-state index contributed by atoms with van der Waals surface area (Å²) in [5.74, 6) is -0.219. The largest absolute Gasteiger partial charge is 0.490 e. The first-order chi connectivity index (χ1) is 18.8. The molecule has 0 aliphatic carbocycles. The molecule has 0 spiro atoms. The monoisotopic (exact) mass is 548 g/mol. The Balaban J connectivity index is 1.56. The molecule has 9 heteroatoms. The number of benzene rings is 3. The highest BCUT2D eigenvalue weighted by Crippen LogP contribution is 2.37. The minimum Gasteiger partial charge on any atom is -0.490 e. The normalized spacial score (nSPS) is 14.4. The first-order valence-electron chi connectivity index (χ1n) is 12.6. The third-order valence-corrected chi connectivity index (χ3v) is 6.10. The molecule has 3 aromatic carbocycles. The summed E-state index contributed by atoms with van der Waals surface area (Å²) in [5, 5.41) is 2.50. The Hall–Kier alpha value is -4.30. The number of amides is 4. The molecule has 0 bridgehead atoms. The second kappa shape index (κ2) is 12.5. The maximum absolute atomic E-state index is 13.3. The summed E-state index contributed by atoms with van der Waals surface area (Å²) in [7, 11) is 0. The van der Waals surface area contributed by atoms with Crippen LogP contribution in [0.2, 0.25) is 5.02 Å². The van der Waals surface area contributed by atoms with Crippen LogP contribution in [0, 0.1) is 6.92 Å². The Kier molecular flexibility index (Phi) is 8.88. The minimum atomic E-state index is -0.841. The van der Waals surface area contributed by atoms with Crippen LogP contribution in [-0.2, 0) is 16.2 Å². The number of carbonyl (C=O) groups is 3. The first-order valence-corrected chi connectivity index (χ1v) is 13.0. The zero-order chi connectivity index (χ0) is 27.9. The molecule has 4 rings (SSSR count). The maximum atomic E-state index is 13.3. The van der Waals surface area contributed by atoms with Gasteiger partial charge in [-0.25, -0.2) is 9.69 Å². The molecular formula is C30H29ClN2O6. The summed E-state index contributed by atoms with van der Waals surface area (Å²) in [6.07, 6.45) is 2.15. The maximum Gasteiger partial charge on any atom is 0.335 e. The zero-order valence-corrected chi connectivity index (χ0v) is 22.7. The van der Waals surface area contributed by atoms with E-state index in [1.165, 1.54) is 6.08 Å². The number of hydrogen-bond donors (Lipinski definition) is 1. The summed E-state index contributed by atoms with van der Waals surface area (Å²) >= 11 is 6.43. The second-order valence-electron chi connectivity index (χ2n) is 8.84. The summed E-state index contributed by atoms with van der Waals surface area (Å²) in [5.41, 5.74) is 2.68. The molecule has 8 nitrogen and oxygen atoms in total. The molecule has 0 saturated carbocycles. The Morgan fingerprint density at radius 2 is 1.64 bits per heavy atom. The highest BCUT2D eigenvalue weighted by atomic mass is 35.5. The first kappa shape index (κ1) is 27.7. The van der Waals surface area contributed by atoms with Crippen molar-refractivity contribution in [2.24, 2.45) is 0 Å². The van der Waals surface area contributed by atoms with E-state index in [9.17, 15) is 14.4 Å². The van der Waals surface area contributed by atoms with Crippen LogP contribution in [0.4, 0.5) is 10.5 Å². The van der Waals surface area contributed by atoms with Crippen molar-refractivity contribution in [2.45, 2.75) is 33.8 Å². The van der Waals surface area contributed by atoms with Crippen LogP contribution >= 0.6 is 11.6 Å². The fourth-order valence-electron chi connectivity index (χ4n) is 3.88. The van der Waals surface area contributed by atoms with Gasteiger partial charge in [-0.15, -0.1) is 0 Å². The van der Waals surface area contributed by atoms with E-state index in [1.54, 1.807) is 36.4 Å². The lowest BCUT2D eigenvalue weighted by molar-refractivity contribution is -0.122. The molecule has 202 valence electrons. The molecule has 1 aliphatic heterocycles. The van der Waals surface area contributed by atoms with Gasteiger partial charge in [-0.1, -0.05) is 48.4 Å². The number of nitrogens with zero attached hydrogens (tertiary/aromatic N) is 1. The number of nitrogens with one attached hydrogen (secondary N) is 1. The highest BCUT2D eigenvalue weighted by molar-refractivity contribution is 6.39. The molecule has 1 N–H and O–H groups in total. The van der Waals surface area contributed by atoms with Gasteiger partial charge >= 0.3 is 6.03 Å². The van der Waals surface area contributed by atoms with E-state index in [4.69, 9.17) is 25.8 Å². The molecule has 3 aromatic rings. The molecule has 39 heavy (non-hydrogen) atoms. The van der Waals surface area contributed by atoms with Crippen LogP contribution in [0.15, 0.2) is 66.2 Å². The van der Waals surface area contributed by atoms with Crippen LogP contribution < -0.4 is 24.4 Å². The van der Waals surface area contributed by atoms with Gasteiger partial charge in [0.2, 0.25) is 0 Å². The molecule has 0 radical (unpaired) electrons. The Labute approximate surface area is 232 Å². The van der Waals surface area contributed by atoms with Crippen molar-refractivity contribution in [1.82, 2.24) is 5.32 Å². The Morgan fingerprint density at radius 3 is 2.31 bits per heavy atom. The number of hydrogen-bond acceptors (Lipinski definition) is 6. The van der Waals surface area contributed by atoms with Gasteiger partial charge in [-0.2, -0.15) is 0 Å². The van der Waals surface area contributed by atoms with Crippen molar-refractivity contribution >= 4 is 41.2 Å². The fourth-order valence-corrected chi connectivity index (χ4v) is 4.15. The zero-order valence-electron chi connectivity index (χ0n) is 22.0. The van der Waals surface area contributed by atoms with Crippen LogP contribution in [-0.4, -0.2) is 31.1 Å². The van der Waals surface area contributed by atoms with E-state index >= 15 is 0 Å². The SMILES string of the molecule is CCCOc1c(Cl)cc(/C=C2\C(=O)NC(=O)N(c3ccc(OCc4ccc(C)cc4)cc3)C2=O)cc1OCC. The fraction of sp³-hybridized carbons (Fsp3) is 0.233. The number of barbiturate groups is 1. The second-order valence-corrected chi connectivity index (χ2v) is 9.24. The number of aryl methyl sites for hydroxylation is 1. The van der Waals surface area contributed by atoms with Crippen molar-refractivity contribution in [1.29, 1.82) is 0 Å². The number of rotatable bonds is 10. The Bertz CT molecular complexity index is 1400. The van der Waals surface area contributed by atoms with Crippen LogP contribution in [0.25, 0.3) is 6.08 Å². The summed E-state index contributed by atoms with van der Waals surface area (Å²) < 4.78 is 17.2. The van der Waals surface area contributed by atoms with Crippen LogP contribution in [0.3, 0.4) is 0 Å². The summed E-state index contributed by atoms with van der Waals surface area (Å²) in [6, 6.07) is 16.8. The molecular weight excluding hydrogens is 520 g/mol. The van der Waals surface area contributed by atoms with Crippen molar-refractivity contribution in [3.8, 4) is 17.2 Å². The lowest BCUT2D eigenvalue weighted by Gasteiger charge is -2.26. The minimum absolute atomic E-state index is 0.227. The third kappa shape index (κ3) is 6.59. The van der Waals surface area contributed by atoms with Crippen molar-refractivity contribution < 1.29 is 28.6 Å². The van der Waals surface area contributed by atoms with Gasteiger partial charge in [-0.05, 0) is 73.9 Å². The number of imide groups is 2. The van der Waals surface area contributed by atoms with Gasteiger partial charge in [0.1, 0.15) is 17.9 Å². The van der Waals surface area contributed by atoms with Gasteiger partial charge < -0.3 is 14.2 Å². The molecule has 1 aliphatic rings. The van der Waals surface area contributed by atoms with Gasteiger partial charge in [0, 0.05) is 0 Å². The van der Waals surface area contributed by atoms with Crippen molar-refractivity contribution in [3.05, 3.63) is 87.9 Å². The molecule has 4 amide bonds. The van der Waals surface area contributed by atoms with E-state index in [0.29, 0.717) is 42.6 Å². The molecule has 0 unspecified atom stereocenters. The molecule has 1 fully saturated rings. The Morgan fingerprint density at radius 1 is 0.923 bits per heavy atom. The predicted molar refractivity (Wildman–Crippen MR) is 149 cm³/mol. The van der Waals surface area contributed by atoms with E-state index in [0.717, 1.165) is 22.4 Å². The lowest BCUT2D eigenvalue weighted by Crippen LogP contribution is -2.54. The number of carbonyl (C=O) groups excluding carboxylic acids is 3. The molecule has 0 atom stereocenters. The number of anilines is 1. The van der Waals surface area contributed by atoms with Gasteiger partial charge in [-0.3, -0.25) is 14.9 Å². The summed E-state index contributed by atoms with van der Waals surface area (Å²) in [6.45, 7) is 7.00. The average molecular weight is 549 g/mol. The van der Waals surface area contributed by atoms with Crippen molar-refractivity contribution in [3.63, 3.8) is 0 Å². The average Bonchev–Trinajstić information content (AvgIpc) is 2.91. The van der Waals surface area contributed by atoms with E-state index in [-0.39, 0.29) is 16.3 Å². The number of urea groups is 1. The smallest absolute Gasteiger partial charge is 0.335 e. The van der Waals surface area contributed by atoms with Gasteiger partial charge in [0.05, 0.1) is 23.9 Å². The van der Waals surface area contributed by atoms with E-state index in [1.807, 2.05) is 45.0 Å². The van der Waals surface area contributed by atoms with E-state index in [2.05, 4.69) is 5.32 Å². The molecule has 0 aromatic heterocycles. The molecule has 1 saturated heterocycles. The van der Waals surface area contributed by atoms with Gasteiger partial charge in [0.15, 0.2) is 11.5 Å². The third-order valence-electron chi connectivity index (χ3n) is 5.82. The van der Waals surface area contributed by atoms with Gasteiger partial charge in [0.25, 0.3) is 11.8 Å². The predicted octanol–water partition coefficient (Wildman–Crippen LogP) is 6.08. The van der Waals surface area contributed by atoms with Crippen molar-refractivity contribution in [2.75, 3.05) is 18.1 Å². The highest BCUT2D eigenvalue weighted by Gasteiger charge is 2.37. The lowest BCUT2D eigenvalue weighted by atomic mass is 10.1. The summed E-state index contributed by atoms with van der Waals surface area (Å²) in [4.78, 5) is 39.5. The van der Waals surface area contributed by atoms with Crippen LogP contribution in [0.5, 0.6) is 17.2 Å². The van der Waals surface area contributed by atoms with E-state index < -0.39 is 17.8 Å². The standard InChI is InChI=1S/C30H29ClN2O6/c1-4-14-38-27-25(31)16-21(17-26(27)37-5-2)15-24-28(34)32-30(36)33(29(24)35)22-10-12-23(13-11-22)39-18-20-8-6-19(3)7-9-20/h6-13,15-17H,4-5,14,18H2,1-3H3,(H,32,34,36)/b24-15+. The topological polar surface area (TPSA) is 94.2 Å².